The van der Waals surface area contributed by atoms with E-state index in [2.05, 4.69) is 15.9 Å². The van der Waals surface area contributed by atoms with Crippen LogP contribution in [-0.4, -0.2) is 5.78 Å². The number of carbonyl (C=O) groups excluding carboxylic acids is 1. The standard InChI is InChI=1S/C16H12BrNO2/c1-9-2-5-14-11(6-9)8-15(20-14)16(19)10-3-4-13(18)12(17)7-10/h2-8H,18H2,1H3. The molecule has 1 heterocycles. The maximum Gasteiger partial charge on any atom is 0.228 e. The monoisotopic (exact) mass is 329 g/mol. The second-order valence-corrected chi connectivity index (χ2v) is 5.57. The summed E-state index contributed by atoms with van der Waals surface area (Å²) in [5, 5.41) is 0.933. The maximum absolute atomic E-state index is 12.4. The fourth-order valence-corrected chi connectivity index (χ4v) is 2.46. The van der Waals surface area contributed by atoms with Crippen LogP contribution in [0.4, 0.5) is 5.69 Å². The van der Waals surface area contributed by atoms with Crippen molar-refractivity contribution in [3.8, 4) is 0 Å². The van der Waals surface area contributed by atoms with Gasteiger partial charge in [-0.15, -0.1) is 0 Å². The van der Waals surface area contributed by atoms with Gasteiger partial charge in [-0.2, -0.15) is 0 Å². The Labute approximate surface area is 124 Å². The molecule has 100 valence electrons. The molecule has 0 aliphatic heterocycles. The van der Waals surface area contributed by atoms with E-state index < -0.39 is 0 Å². The van der Waals surface area contributed by atoms with Gasteiger partial charge in [0, 0.05) is 21.1 Å². The molecule has 0 fully saturated rings. The molecule has 0 aliphatic rings. The van der Waals surface area contributed by atoms with Gasteiger partial charge in [0.15, 0.2) is 5.76 Å². The number of carbonyl (C=O) groups is 1. The molecule has 3 aromatic rings. The zero-order valence-electron chi connectivity index (χ0n) is 10.8. The summed E-state index contributed by atoms with van der Waals surface area (Å²) >= 11 is 3.32. The van der Waals surface area contributed by atoms with Crippen molar-refractivity contribution in [3.05, 3.63) is 63.8 Å². The number of furan rings is 1. The Hall–Kier alpha value is -2.07. The van der Waals surface area contributed by atoms with Gasteiger partial charge in [-0.25, -0.2) is 0 Å². The summed E-state index contributed by atoms with van der Waals surface area (Å²) in [5.74, 6) is 0.182. The smallest absolute Gasteiger partial charge is 0.228 e. The lowest BCUT2D eigenvalue weighted by molar-refractivity contribution is 0.101. The first-order valence-corrected chi connectivity index (χ1v) is 6.94. The van der Waals surface area contributed by atoms with Gasteiger partial charge in [-0.05, 0) is 59.3 Å². The maximum atomic E-state index is 12.4. The number of halogens is 1. The molecule has 0 bridgehead atoms. The van der Waals surface area contributed by atoms with Crippen molar-refractivity contribution in [3.63, 3.8) is 0 Å². The minimum absolute atomic E-state index is 0.153. The summed E-state index contributed by atoms with van der Waals surface area (Å²) in [6, 6.07) is 12.7. The Kier molecular flexibility index (Phi) is 3.10. The van der Waals surface area contributed by atoms with E-state index in [0.717, 1.165) is 10.9 Å². The van der Waals surface area contributed by atoms with E-state index in [4.69, 9.17) is 10.2 Å². The fraction of sp³-hybridized carbons (Fsp3) is 0.0625. The minimum Gasteiger partial charge on any atom is -0.453 e. The number of ketones is 1. The first kappa shape index (κ1) is 12.9. The van der Waals surface area contributed by atoms with E-state index in [1.54, 1.807) is 24.3 Å². The lowest BCUT2D eigenvalue weighted by Crippen LogP contribution is -2.00. The van der Waals surface area contributed by atoms with Crippen molar-refractivity contribution in [1.29, 1.82) is 0 Å². The van der Waals surface area contributed by atoms with Crippen LogP contribution >= 0.6 is 15.9 Å². The Morgan fingerprint density at radius 3 is 2.70 bits per heavy atom. The van der Waals surface area contributed by atoms with Gasteiger partial charge in [0.2, 0.25) is 5.78 Å². The predicted octanol–water partition coefficient (Wildman–Crippen LogP) is 4.32. The molecular formula is C16H12BrNO2. The highest BCUT2D eigenvalue weighted by Gasteiger charge is 2.15. The minimum atomic E-state index is -0.153. The molecule has 2 aromatic carbocycles. The van der Waals surface area contributed by atoms with Crippen LogP contribution in [0.25, 0.3) is 11.0 Å². The third-order valence-electron chi connectivity index (χ3n) is 3.16. The Bertz CT molecular complexity index is 820. The third-order valence-corrected chi connectivity index (χ3v) is 3.84. The van der Waals surface area contributed by atoms with Crippen molar-refractivity contribution in [2.24, 2.45) is 0 Å². The van der Waals surface area contributed by atoms with Crippen LogP contribution < -0.4 is 5.73 Å². The van der Waals surface area contributed by atoms with Gasteiger partial charge in [-0.1, -0.05) is 11.6 Å². The van der Waals surface area contributed by atoms with Gasteiger partial charge in [0.1, 0.15) is 5.58 Å². The van der Waals surface area contributed by atoms with E-state index in [1.165, 1.54) is 0 Å². The van der Waals surface area contributed by atoms with Crippen molar-refractivity contribution in [2.75, 3.05) is 5.73 Å². The second kappa shape index (κ2) is 4.80. The zero-order chi connectivity index (χ0) is 14.3. The number of rotatable bonds is 2. The fourth-order valence-electron chi connectivity index (χ4n) is 2.09. The third kappa shape index (κ3) is 2.23. The number of benzene rings is 2. The van der Waals surface area contributed by atoms with Gasteiger partial charge in [0.05, 0.1) is 0 Å². The molecule has 20 heavy (non-hydrogen) atoms. The first-order chi connectivity index (χ1) is 9.54. The number of fused-ring (bicyclic) bond motifs is 1. The number of anilines is 1. The van der Waals surface area contributed by atoms with Crippen LogP contribution in [0.5, 0.6) is 0 Å². The Morgan fingerprint density at radius 1 is 1.15 bits per heavy atom. The summed E-state index contributed by atoms with van der Waals surface area (Å²) < 4.78 is 6.32. The van der Waals surface area contributed by atoms with E-state index in [-0.39, 0.29) is 5.78 Å². The van der Waals surface area contributed by atoms with E-state index >= 15 is 0 Å². The number of aryl methyl sites for hydroxylation is 1. The molecule has 0 spiro atoms. The van der Waals surface area contributed by atoms with Crippen LogP contribution in [0.15, 0.2) is 51.4 Å². The van der Waals surface area contributed by atoms with Gasteiger partial charge >= 0.3 is 0 Å². The van der Waals surface area contributed by atoms with Crippen LogP contribution in [0, 0.1) is 6.92 Å². The van der Waals surface area contributed by atoms with Crippen molar-refractivity contribution >= 4 is 38.4 Å². The number of nitrogen functional groups attached to an aromatic ring is 1. The highest BCUT2D eigenvalue weighted by atomic mass is 79.9. The number of hydrogen-bond donors (Lipinski definition) is 1. The van der Waals surface area contributed by atoms with Crippen molar-refractivity contribution in [2.45, 2.75) is 6.92 Å². The highest BCUT2D eigenvalue weighted by molar-refractivity contribution is 9.10. The summed E-state index contributed by atoms with van der Waals surface area (Å²) in [6.45, 7) is 2.00. The molecule has 0 saturated carbocycles. The molecule has 3 rings (SSSR count). The summed E-state index contributed by atoms with van der Waals surface area (Å²) in [5.41, 5.74) is 8.71. The molecule has 3 nitrogen and oxygen atoms in total. The van der Waals surface area contributed by atoms with E-state index in [0.29, 0.717) is 27.1 Å². The van der Waals surface area contributed by atoms with Crippen molar-refractivity contribution < 1.29 is 9.21 Å². The van der Waals surface area contributed by atoms with Crippen LogP contribution in [0.1, 0.15) is 21.7 Å². The molecule has 1 aromatic heterocycles. The molecule has 0 atom stereocenters. The molecule has 0 radical (unpaired) electrons. The summed E-state index contributed by atoms with van der Waals surface area (Å²) in [6.07, 6.45) is 0. The highest BCUT2D eigenvalue weighted by Crippen LogP contribution is 2.25. The van der Waals surface area contributed by atoms with Gasteiger partial charge in [-0.3, -0.25) is 4.79 Å². The van der Waals surface area contributed by atoms with Crippen molar-refractivity contribution in [1.82, 2.24) is 0 Å². The van der Waals surface area contributed by atoms with E-state index in [9.17, 15) is 4.79 Å². The second-order valence-electron chi connectivity index (χ2n) is 4.72. The molecule has 0 aliphatic carbocycles. The molecule has 0 saturated heterocycles. The summed E-state index contributed by atoms with van der Waals surface area (Å²) in [4.78, 5) is 12.4. The molecule has 4 heteroatoms. The lowest BCUT2D eigenvalue weighted by Gasteiger charge is -2.01. The average molecular weight is 330 g/mol. The SMILES string of the molecule is Cc1ccc2oc(C(=O)c3ccc(N)c(Br)c3)cc2c1. The Balaban J connectivity index is 2.05. The predicted molar refractivity (Wildman–Crippen MR) is 82.9 cm³/mol. The lowest BCUT2D eigenvalue weighted by atomic mass is 10.1. The number of hydrogen-bond acceptors (Lipinski definition) is 3. The molecular weight excluding hydrogens is 318 g/mol. The Morgan fingerprint density at radius 2 is 1.95 bits per heavy atom. The normalized spacial score (nSPS) is 10.9. The largest absolute Gasteiger partial charge is 0.453 e. The summed E-state index contributed by atoms with van der Waals surface area (Å²) in [7, 11) is 0. The molecule has 0 unspecified atom stereocenters. The topological polar surface area (TPSA) is 56.2 Å². The first-order valence-electron chi connectivity index (χ1n) is 6.14. The molecule has 2 N–H and O–H groups in total. The zero-order valence-corrected chi connectivity index (χ0v) is 12.4. The van der Waals surface area contributed by atoms with Crippen LogP contribution in [0.2, 0.25) is 0 Å². The van der Waals surface area contributed by atoms with E-state index in [1.807, 2.05) is 25.1 Å². The number of nitrogens with two attached hydrogens (primary N) is 1. The van der Waals surface area contributed by atoms with Crippen LogP contribution in [0.3, 0.4) is 0 Å². The molecule has 0 amide bonds. The quantitative estimate of drug-likeness (QED) is 0.562. The average Bonchev–Trinajstić information content (AvgIpc) is 2.84. The van der Waals surface area contributed by atoms with Crippen LogP contribution in [-0.2, 0) is 0 Å². The van der Waals surface area contributed by atoms with Gasteiger partial charge < -0.3 is 10.2 Å². The van der Waals surface area contributed by atoms with Gasteiger partial charge in [0.25, 0.3) is 0 Å².